The second-order valence-corrected chi connectivity index (χ2v) is 5.48. The number of hydrogen-bond donors (Lipinski definition) is 1. The van der Waals surface area contributed by atoms with Crippen molar-refractivity contribution in [1.29, 1.82) is 0 Å². The molecule has 21 heavy (non-hydrogen) atoms. The first-order valence-electron chi connectivity index (χ1n) is 6.61. The molecule has 0 aliphatic rings. The number of thiophene rings is 1. The monoisotopic (exact) mass is 302 g/mol. The number of fused-ring (bicyclic) bond motifs is 1. The van der Waals surface area contributed by atoms with Crippen LogP contribution in [0.5, 0.6) is 5.75 Å². The van der Waals surface area contributed by atoms with Crippen molar-refractivity contribution in [2.45, 2.75) is 13.5 Å². The van der Waals surface area contributed by atoms with Gasteiger partial charge in [0.25, 0.3) is 5.56 Å². The number of nitrogens with one attached hydrogen (secondary N) is 1. The van der Waals surface area contributed by atoms with Gasteiger partial charge in [0.15, 0.2) is 0 Å². The van der Waals surface area contributed by atoms with Crippen LogP contribution in [0.1, 0.15) is 12.5 Å². The standard InChI is InChI=1S/C15H14N2O3S/c1-2-20-11-5-3-4-10(8-11)9-17-14(18)13-12(6-7-21-13)16-15(17)19/h3-8H,2,9H2,1H3,(H,16,19). The molecule has 0 aliphatic heterocycles. The van der Waals surface area contributed by atoms with Gasteiger partial charge in [-0.2, -0.15) is 0 Å². The van der Waals surface area contributed by atoms with Crippen molar-refractivity contribution < 1.29 is 4.74 Å². The molecule has 3 rings (SSSR count). The zero-order chi connectivity index (χ0) is 14.8. The topological polar surface area (TPSA) is 64.1 Å². The molecule has 0 unspecified atom stereocenters. The summed E-state index contributed by atoms with van der Waals surface area (Å²) < 4.78 is 7.21. The third kappa shape index (κ3) is 2.62. The van der Waals surface area contributed by atoms with Gasteiger partial charge < -0.3 is 9.72 Å². The summed E-state index contributed by atoms with van der Waals surface area (Å²) in [5.41, 5.74) is 0.789. The summed E-state index contributed by atoms with van der Waals surface area (Å²) in [6, 6.07) is 9.15. The molecule has 108 valence electrons. The Morgan fingerprint density at radius 3 is 2.95 bits per heavy atom. The summed E-state index contributed by atoms with van der Waals surface area (Å²) in [5.74, 6) is 0.733. The lowest BCUT2D eigenvalue weighted by Gasteiger charge is -2.07. The first-order chi connectivity index (χ1) is 10.2. The van der Waals surface area contributed by atoms with Crippen LogP contribution in [0.3, 0.4) is 0 Å². The quantitative estimate of drug-likeness (QED) is 0.803. The Bertz CT molecular complexity index is 892. The van der Waals surface area contributed by atoms with Crippen molar-refractivity contribution in [2.75, 3.05) is 6.61 Å². The van der Waals surface area contributed by atoms with E-state index >= 15 is 0 Å². The van der Waals surface area contributed by atoms with Gasteiger partial charge in [0.1, 0.15) is 10.4 Å². The average Bonchev–Trinajstić information content (AvgIpc) is 2.92. The molecule has 0 saturated carbocycles. The summed E-state index contributed by atoms with van der Waals surface area (Å²) in [5, 5.41) is 1.79. The van der Waals surface area contributed by atoms with Gasteiger partial charge in [-0.05, 0) is 36.1 Å². The van der Waals surface area contributed by atoms with Gasteiger partial charge in [-0.3, -0.25) is 9.36 Å². The van der Waals surface area contributed by atoms with E-state index in [0.29, 0.717) is 16.8 Å². The maximum atomic E-state index is 12.3. The molecule has 0 saturated heterocycles. The van der Waals surface area contributed by atoms with Crippen LogP contribution in [0.2, 0.25) is 0 Å². The summed E-state index contributed by atoms with van der Waals surface area (Å²) in [7, 11) is 0. The molecule has 0 amide bonds. The highest BCUT2D eigenvalue weighted by Gasteiger charge is 2.09. The van der Waals surface area contributed by atoms with Crippen molar-refractivity contribution >= 4 is 21.6 Å². The van der Waals surface area contributed by atoms with Crippen LogP contribution in [-0.2, 0) is 6.54 Å². The lowest BCUT2D eigenvalue weighted by atomic mass is 10.2. The van der Waals surface area contributed by atoms with Gasteiger partial charge in [0, 0.05) is 0 Å². The maximum absolute atomic E-state index is 12.3. The van der Waals surface area contributed by atoms with Gasteiger partial charge in [-0.25, -0.2) is 4.79 Å². The maximum Gasteiger partial charge on any atom is 0.329 e. The van der Waals surface area contributed by atoms with Crippen LogP contribution in [0.25, 0.3) is 10.2 Å². The number of H-pyrrole nitrogens is 1. The fourth-order valence-electron chi connectivity index (χ4n) is 2.20. The highest BCUT2D eigenvalue weighted by Crippen LogP contribution is 2.15. The van der Waals surface area contributed by atoms with Crippen molar-refractivity contribution in [3.8, 4) is 5.75 Å². The molecule has 1 aromatic carbocycles. The third-order valence-electron chi connectivity index (χ3n) is 3.14. The lowest BCUT2D eigenvalue weighted by Crippen LogP contribution is -2.34. The molecule has 0 bridgehead atoms. The van der Waals surface area contributed by atoms with E-state index in [9.17, 15) is 9.59 Å². The number of nitrogens with zero attached hydrogens (tertiary/aromatic N) is 1. The van der Waals surface area contributed by atoms with E-state index in [1.807, 2.05) is 31.2 Å². The Balaban J connectivity index is 2.03. The van der Waals surface area contributed by atoms with Gasteiger partial charge in [-0.15, -0.1) is 11.3 Å². The van der Waals surface area contributed by atoms with Gasteiger partial charge in [-0.1, -0.05) is 12.1 Å². The minimum Gasteiger partial charge on any atom is -0.494 e. The Morgan fingerprint density at radius 1 is 1.29 bits per heavy atom. The smallest absolute Gasteiger partial charge is 0.329 e. The van der Waals surface area contributed by atoms with E-state index in [4.69, 9.17) is 4.74 Å². The van der Waals surface area contributed by atoms with Crippen molar-refractivity contribution in [3.05, 3.63) is 62.1 Å². The SMILES string of the molecule is CCOc1cccc(Cn2c(=O)[nH]c3ccsc3c2=O)c1. The molecule has 3 aromatic rings. The molecule has 0 spiro atoms. The molecule has 6 heteroatoms. The van der Waals surface area contributed by atoms with Crippen LogP contribution < -0.4 is 16.0 Å². The van der Waals surface area contributed by atoms with E-state index in [2.05, 4.69) is 4.98 Å². The molecule has 0 fully saturated rings. The fraction of sp³-hybridized carbons (Fsp3) is 0.200. The zero-order valence-electron chi connectivity index (χ0n) is 11.5. The van der Waals surface area contributed by atoms with Crippen LogP contribution in [-0.4, -0.2) is 16.2 Å². The Hall–Kier alpha value is -2.34. The Kier molecular flexibility index (Phi) is 3.62. The fourth-order valence-corrected chi connectivity index (χ4v) is 2.99. The van der Waals surface area contributed by atoms with Gasteiger partial charge in [0.2, 0.25) is 0 Å². The minimum atomic E-state index is -0.396. The molecular weight excluding hydrogens is 288 g/mol. The van der Waals surface area contributed by atoms with Crippen LogP contribution in [0.4, 0.5) is 0 Å². The lowest BCUT2D eigenvalue weighted by molar-refractivity contribution is 0.340. The highest BCUT2D eigenvalue weighted by molar-refractivity contribution is 7.17. The predicted molar refractivity (Wildman–Crippen MR) is 83.4 cm³/mol. The molecule has 2 aromatic heterocycles. The van der Waals surface area contributed by atoms with Crippen LogP contribution in [0, 0.1) is 0 Å². The van der Waals surface area contributed by atoms with Crippen molar-refractivity contribution in [2.24, 2.45) is 0 Å². The second kappa shape index (κ2) is 5.57. The van der Waals surface area contributed by atoms with Crippen molar-refractivity contribution in [3.63, 3.8) is 0 Å². The Morgan fingerprint density at radius 2 is 2.14 bits per heavy atom. The molecule has 0 atom stereocenters. The second-order valence-electron chi connectivity index (χ2n) is 4.57. The summed E-state index contributed by atoms with van der Waals surface area (Å²) in [6.45, 7) is 2.71. The average molecular weight is 302 g/mol. The largest absolute Gasteiger partial charge is 0.494 e. The molecule has 0 radical (unpaired) electrons. The van der Waals surface area contributed by atoms with E-state index in [-0.39, 0.29) is 12.1 Å². The number of hydrogen-bond acceptors (Lipinski definition) is 4. The summed E-state index contributed by atoms with van der Waals surface area (Å²) >= 11 is 1.33. The first kappa shape index (κ1) is 13.6. The zero-order valence-corrected chi connectivity index (χ0v) is 12.3. The van der Waals surface area contributed by atoms with E-state index in [1.165, 1.54) is 15.9 Å². The highest BCUT2D eigenvalue weighted by atomic mass is 32.1. The van der Waals surface area contributed by atoms with Crippen LogP contribution >= 0.6 is 11.3 Å². The summed E-state index contributed by atoms with van der Waals surface area (Å²) in [6.07, 6.45) is 0. The number of rotatable bonds is 4. The molecular formula is C15H14N2O3S. The van der Waals surface area contributed by atoms with Gasteiger partial charge >= 0.3 is 5.69 Å². The third-order valence-corrected chi connectivity index (χ3v) is 4.04. The first-order valence-corrected chi connectivity index (χ1v) is 7.49. The van der Waals surface area contributed by atoms with E-state index in [0.717, 1.165) is 11.3 Å². The number of aromatic nitrogens is 2. The molecule has 5 nitrogen and oxygen atoms in total. The summed E-state index contributed by atoms with van der Waals surface area (Å²) in [4.78, 5) is 27.1. The molecule has 2 heterocycles. The number of aromatic amines is 1. The predicted octanol–water partition coefficient (Wildman–Crippen LogP) is 2.20. The minimum absolute atomic E-state index is 0.225. The van der Waals surface area contributed by atoms with E-state index in [1.54, 1.807) is 11.4 Å². The molecule has 0 aliphatic carbocycles. The molecule has 1 N–H and O–H groups in total. The number of ether oxygens (including phenoxy) is 1. The van der Waals surface area contributed by atoms with E-state index < -0.39 is 5.69 Å². The van der Waals surface area contributed by atoms with Gasteiger partial charge in [0.05, 0.1) is 18.7 Å². The Labute approximate surface area is 124 Å². The van der Waals surface area contributed by atoms with Crippen LogP contribution in [0.15, 0.2) is 45.3 Å². The normalized spacial score (nSPS) is 10.9. The van der Waals surface area contributed by atoms with Crippen molar-refractivity contribution in [1.82, 2.24) is 9.55 Å². The number of benzene rings is 1.